The molecular weight excluding hydrogens is 378 g/mol. The van der Waals surface area contributed by atoms with Gasteiger partial charge in [0.2, 0.25) is 10.0 Å². The van der Waals surface area contributed by atoms with E-state index in [4.69, 9.17) is 9.47 Å². The van der Waals surface area contributed by atoms with Crippen LogP contribution in [0.15, 0.2) is 17.1 Å². The first-order valence-electron chi connectivity index (χ1n) is 10.3. The van der Waals surface area contributed by atoms with Crippen molar-refractivity contribution < 1.29 is 17.9 Å². The van der Waals surface area contributed by atoms with E-state index in [2.05, 4.69) is 14.6 Å². The van der Waals surface area contributed by atoms with Gasteiger partial charge in [-0.1, -0.05) is 6.42 Å². The summed E-state index contributed by atoms with van der Waals surface area (Å²) in [6, 6.07) is 4.06. The maximum Gasteiger partial charge on any atom is 0.232 e. The highest BCUT2D eigenvalue weighted by atomic mass is 32.2. The van der Waals surface area contributed by atoms with Crippen molar-refractivity contribution in [3.05, 3.63) is 17.7 Å². The molecule has 4 rings (SSSR count). The molecule has 0 radical (unpaired) electrons. The predicted octanol–water partition coefficient (Wildman–Crippen LogP) is 3.33. The van der Waals surface area contributed by atoms with E-state index in [-0.39, 0.29) is 17.9 Å². The summed E-state index contributed by atoms with van der Waals surface area (Å²) in [5, 5.41) is 0. The fourth-order valence-electron chi connectivity index (χ4n) is 4.19. The third kappa shape index (κ3) is 4.06. The number of benzene rings is 1. The van der Waals surface area contributed by atoms with Gasteiger partial charge in [-0.15, -0.1) is 0 Å². The zero-order valence-corrected chi connectivity index (χ0v) is 17.2. The average molecular weight is 408 g/mol. The number of rotatable bonds is 6. The Morgan fingerprint density at radius 3 is 2.79 bits per heavy atom. The van der Waals surface area contributed by atoms with Crippen molar-refractivity contribution >= 4 is 22.0 Å². The lowest BCUT2D eigenvalue weighted by Gasteiger charge is -2.34. The summed E-state index contributed by atoms with van der Waals surface area (Å²) < 4.78 is 39.7. The van der Waals surface area contributed by atoms with Crippen molar-refractivity contribution in [2.24, 2.45) is 4.99 Å². The van der Waals surface area contributed by atoms with Crippen LogP contribution in [0.2, 0.25) is 0 Å². The van der Waals surface area contributed by atoms with Gasteiger partial charge in [-0.2, -0.15) is 0 Å². The molecule has 1 unspecified atom stereocenters. The number of hydrogen-bond acceptors (Lipinski definition) is 6. The predicted molar refractivity (Wildman–Crippen MR) is 110 cm³/mol. The minimum atomic E-state index is -3.46. The Balaban J connectivity index is 1.71. The highest BCUT2D eigenvalue weighted by Gasteiger charge is 2.32. The lowest BCUT2D eigenvalue weighted by molar-refractivity contribution is 0.154. The SMILES string of the molecule is CCS(=O)(=O)Nc1c(OC2CCCCC2)ccc2c1OCCC2N1C=NCC1. The molecule has 1 aromatic rings. The molecule has 1 saturated carbocycles. The van der Waals surface area contributed by atoms with Gasteiger partial charge in [-0.05, 0) is 44.7 Å². The maximum atomic E-state index is 12.4. The smallest absolute Gasteiger partial charge is 0.232 e. The molecule has 2 aliphatic heterocycles. The minimum Gasteiger partial charge on any atom is -0.491 e. The van der Waals surface area contributed by atoms with Crippen LogP contribution in [-0.2, 0) is 10.0 Å². The summed E-state index contributed by atoms with van der Waals surface area (Å²) in [5.41, 5.74) is 1.44. The maximum absolute atomic E-state index is 12.4. The first-order chi connectivity index (χ1) is 13.6. The number of nitrogens with zero attached hydrogens (tertiary/aromatic N) is 2. The third-order valence-corrected chi connectivity index (χ3v) is 7.02. The van der Waals surface area contributed by atoms with E-state index in [9.17, 15) is 8.42 Å². The number of aliphatic imine (C=N–C) groups is 1. The van der Waals surface area contributed by atoms with Gasteiger partial charge >= 0.3 is 0 Å². The Kier molecular flexibility index (Phi) is 5.66. The van der Waals surface area contributed by atoms with E-state index < -0.39 is 10.0 Å². The summed E-state index contributed by atoms with van der Waals surface area (Å²) in [7, 11) is -3.46. The Bertz CT molecular complexity index is 834. The molecule has 1 aliphatic carbocycles. The zero-order valence-electron chi connectivity index (χ0n) is 16.4. The van der Waals surface area contributed by atoms with Gasteiger partial charge in [0.15, 0.2) is 5.75 Å². The van der Waals surface area contributed by atoms with Crippen molar-refractivity contribution in [1.29, 1.82) is 0 Å². The molecule has 1 aromatic carbocycles. The molecule has 0 amide bonds. The lowest BCUT2D eigenvalue weighted by atomic mass is 9.96. The van der Waals surface area contributed by atoms with E-state index >= 15 is 0 Å². The number of hydrogen-bond donors (Lipinski definition) is 1. The van der Waals surface area contributed by atoms with Crippen LogP contribution in [0.5, 0.6) is 11.5 Å². The van der Waals surface area contributed by atoms with Crippen molar-refractivity contribution in [2.45, 2.75) is 57.6 Å². The molecule has 3 aliphatic rings. The highest BCUT2D eigenvalue weighted by molar-refractivity contribution is 7.92. The van der Waals surface area contributed by atoms with Gasteiger partial charge in [0.25, 0.3) is 0 Å². The van der Waals surface area contributed by atoms with Gasteiger partial charge in [0.05, 0.1) is 37.4 Å². The summed E-state index contributed by atoms with van der Waals surface area (Å²) in [6.45, 7) is 3.84. The Hall–Kier alpha value is -1.96. The molecule has 154 valence electrons. The normalized spacial score (nSPS) is 22.6. The van der Waals surface area contributed by atoms with Crippen molar-refractivity contribution in [3.63, 3.8) is 0 Å². The second-order valence-corrected chi connectivity index (χ2v) is 9.66. The van der Waals surface area contributed by atoms with Crippen LogP contribution in [0, 0.1) is 0 Å². The molecule has 0 aromatic heterocycles. The summed E-state index contributed by atoms with van der Waals surface area (Å²) >= 11 is 0. The topological polar surface area (TPSA) is 80.2 Å². The summed E-state index contributed by atoms with van der Waals surface area (Å²) in [4.78, 5) is 6.54. The Morgan fingerprint density at radius 1 is 1.25 bits per heavy atom. The van der Waals surface area contributed by atoms with Gasteiger partial charge in [0, 0.05) is 18.5 Å². The summed E-state index contributed by atoms with van der Waals surface area (Å²) in [5.74, 6) is 1.17. The fraction of sp³-hybridized carbons (Fsp3) is 0.650. The monoisotopic (exact) mass is 407 g/mol. The van der Waals surface area contributed by atoms with Crippen LogP contribution in [0.4, 0.5) is 5.69 Å². The quantitative estimate of drug-likeness (QED) is 0.782. The van der Waals surface area contributed by atoms with E-state index in [1.54, 1.807) is 6.92 Å². The Morgan fingerprint density at radius 2 is 2.07 bits per heavy atom. The molecule has 8 heteroatoms. The van der Waals surface area contributed by atoms with Gasteiger partial charge in [0.1, 0.15) is 11.4 Å². The Labute approximate surface area is 167 Å². The highest BCUT2D eigenvalue weighted by Crippen LogP contribution is 2.46. The second-order valence-electron chi connectivity index (χ2n) is 7.65. The van der Waals surface area contributed by atoms with Crippen molar-refractivity contribution in [1.82, 2.24) is 4.90 Å². The standard InChI is InChI=1S/C20H29N3O4S/c1-2-28(24,25)22-19-18(27-15-6-4-3-5-7-15)9-8-16-17(10-13-26-20(16)19)23-12-11-21-14-23/h8-9,14-15,17,22H,2-7,10-13H2,1H3. The lowest BCUT2D eigenvalue weighted by Crippen LogP contribution is -2.31. The van der Waals surface area contributed by atoms with E-state index in [0.29, 0.717) is 23.8 Å². The van der Waals surface area contributed by atoms with Gasteiger partial charge in [-0.25, -0.2) is 8.42 Å². The molecule has 28 heavy (non-hydrogen) atoms. The first kappa shape index (κ1) is 19.4. The molecule has 0 saturated heterocycles. The first-order valence-corrected chi connectivity index (χ1v) is 11.9. The molecule has 1 N–H and O–H groups in total. The molecule has 7 nitrogen and oxygen atoms in total. The summed E-state index contributed by atoms with van der Waals surface area (Å²) in [6.07, 6.45) is 8.42. The van der Waals surface area contributed by atoms with Gasteiger partial charge < -0.3 is 14.4 Å². The van der Waals surface area contributed by atoms with Crippen LogP contribution < -0.4 is 14.2 Å². The molecule has 0 spiro atoms. The number of ether oxygens (including phenoxy) is 2. The van der Waals surface area contributed by atoms with E-state index in [1.165, 1.54) is 6.42 Å². The van der Waals surface area contributed by atoms with E-state index in [1.807, 2.05) is 18.5 Å². The third-order valence-electron chi connectivity index (χ3n) is 5.75. The van der Waals surface area contributed by atoms with Crippen molar-refractivity contribution in [3.8, 4) is 11.5 Å². The fourth-order valence-corrected chi connectivity index (χ4v) is 4.83. The van der Waals surface area contributed by atoms with Crippen LogP contribution in [0.1, 0.15) is 57.1 Å². The number of nitrogens with one attached hydrogen (secondary N) is 1. The molecule has 1 atom stereocenters. The van der Waals surface area contributed by atoms with Crippen LogP contribution in [-0.4, -0.2) is 51.2 Å². The largest absolute Gasteiger partial charge is 0.491 e. The number of fused-ring (bicyclic) bond motifs is 1. The van der Waals surface area contributed by atoms with Crippen LogP contribution >= 0.6 is 0 Å². The van der Waals surface area contributed by atoms with E-state index in [0.717, 1.165) is 50.8 Å². The minimum absolute atomic E-state index is 0.00173. The molecular formula is C20H29N3O4S. The van der Waals surface area contributed by atoms with Gasteiger partial charge in [-0.3, -0.25) is 9.71 Å². The van der Waals surface area contributed by atoms with Crippen LogP contribution in [0.3, 0.4) is 0 Å². The molecule has 1 fully saturated rings. The second kappa shape index (κ2) is 8.19. The van der Waals surface area contributed by atoms with Crippen molar-refractivity contribution in [2.75, 3.05) is 30.2 Å². The zero-order chi connectivity index (χ0) is 19.6. The number of sulfonamides is 1. The average Bonchev–Trinajstić information content (AvgIpc) is 3.24. The molecule has 2 heterocycles. The molecule has 0 bridgehead atoms. The number of anilines is 1. The van der Waals surface area contributed by atoms with Crippen LogP contribution in [0.25, 0.3) is 0 Å².